The molecule has 1 saturated carbocycles. The number of rotatable bonds is 7. The van der Waals surface area contributed by atoms with Gasteiger partial charge in [-0.15, -0.1) is 11.3 Å². The van der Waals surface area contributed by atoms with Crippen LogP contribution in [0.2, 0.25) is 5.02 Å². The highest BCUT2D eigenvalue weighted by Gasteiger charge is 2.28. The van der Waals surface area contributed by atoms with Crippen molar-refractivity contribution in [2.24, 2.45) is 5.92 Å². The Hall–Kier alpha value is -3.54. The molecule has 0 aliphatic heterocycles. The highest BCUT2D eigenvalue weighted by atomic mass is 35.5. The zero-order chi connectivity index (χ0) is 24.2. The molecule has 1 aliphatic rings. The molecule has 0 amide bonds. The van der Waals surface area contributed by atoms with Gasteiger partial charge in [-0.2, -0.15) is 0 Å². The summed E-state index contributed by atoms with van der Waals surface area (Å²) in [6, 6.07) is 18.6. The molecule has 2 heterocycles. The van der Waals surface area contributed by atoms with Crippen molar-refractivity contribution in [1.82, 2.24) is 9.97 Å². The molecule has 1 N–H and O–H groups in total. The third kappa shape index (κ3) is 5.11. The van der Waals surface area contributed by atoms with Gasteiger partial charge in [0.2, 0.25) is 0 Å². The largest absolute Gasteiger partial charge is 0.478 e. The summed E-state index contributed by atoms with van der Waals surface area (Å²) < 4.78 is 0. The van der Waals surface area contributed by atoms with E-state index in [1.54, 1.807) is 29.8 Å². The molecule has 0 saturated heterocycles. The molecule has 0 bridgehead atoms. The summed E-state index contributed by atoms with van der Waals surface area (Å²) in [7, 11) is 0. The second-order valence-electron chi connectivity index (χ2n) is 8.51. The van der Waals surface area contributed by atoms with Gasteiger partial charge in [-0.1, -0.05) is 66.6 Å². The summed E-state index contributed by atoms with van der Waals surface area (Å²) >= 11 is 8.31. The van der Waals surface area contributed by atoms with Crippen LogP contribution in [0.4, 0.5) is 0 Å². The van der Waals surface area contributed by atoms with E-state index in [2.05, 4.69) is 46.4 Å². The van der Waals surface area contributed by atoms with Crippen molar-refractivity contribution in [2.45, 2.75) is 19.3 Å². The number of aliphatic carboxylic acids is 1. The molecule has 0 atom stereocenters. The van der Waals surface area contributed by atoms with Gasteiger partial charge < -0.3 is 5.11 Å². The number of carboxylic acid groups (broad SMARTS) is 1. The fraction of sp³-hybridized carbons (Fsp3) is 0.138. The Kier molecular flexibility index (Phi) is 6.89. The van der Waals surface area contributed by atoms with Gasteiger partial charge >= 0.3 is 5.97 Å². The highest BCUT2D eigenvalue weighted by Crippen LogP contribution is 2.46. The molecule has 2 aromatic carbocycles. The second-order valence-corrected chi connectivity index (χ2v) is 9.80. The lowest BCUT2D eigenvalue weighted by molar-refractivity contribution is -0.131. The van der Waals surface area contributed by atoms with Gasteiger partial charge in [-0.05, 0) is 64.3 Å². The van der Waals surface area contributed by atoms with Gasteiger partial charge in [0, 0.05) is 30.2 Å². The van der Waals surface area contributed by atoms with E-state index in [1.807, 2.05) is 29.9 Å². The lowest BCUT2D eigenvalue weighted by Crippen LogP contribution is -2.15. The number of nitrogens with zero attached hydrogens (tertiary/aromatic N) is 2. The summed E-state index contributed by atoms with van der Waals surface area (Å²) in [6.45, 7) is 0. The number of pyridine rings is 1. The number of hydrogen-bond donors (Lipinski definition) is 1. The summed E-state index contributed by atoms with van der Waals surface area (Å²) in [4.78, 5) is 20.5. The molecule has 35 heavy (non-hydrogen) atoms. The van der Waals surface area contributed by atoms with Crippen LogP contribution in [0.15, 0.2) is 84.8 Å². The van der Waals surface area contributed by atoms with Crippen LogP contribution >= 0.6 is 22.9 Å². The monoisotopic (exact) mass is 498 g/mol. The van der Waals surface area contributed by atoms with Gasteiger partial charge in [0.15, 0.2) is 0 Å². The summed E-state index contributed by atoms with van der Waals surface area (Å²) in [5.74, 6) is -0.548. The van der Waals surface area contributed by atoms with Crippen LogP contribution in [-0.4, -0.2) is 21.0 Å². The number of thiazole rings is 1. The first kappa shape index (κ1) is 23.2. The van der Waals surface area contributed by atoms with Crippen LogP contribution in [0.3, 0.4) is 0 Å². The van der Waals surface area contributed by atoms with Gasteiger partial charge in [0.1, 0.15) is 0 Å². The molecular weight excluding hydrogens is 476 g/mol. The maximum atomic E-state index is 10.9. The molecule has 5 rings (SSSR count). The summed E-state index contributed by atoms with van der Waals surface area (Å²) in [5, 5.41) is 9.61. The number of aromatic nitrogens is 2. The topological polar surface area (TPSA) is 63.1 Å². The Balaban J connectivity index is 1.68. The summed E-state index contributed by atoms with van der Waals surface area (Å²) in [5.41, 5.74) is 9.40. The first-order valence-electron chi connectivity index (χ1n) is 11.4. The predicted molar refractivity (Wildman–Crippen MR) is 143 cm³/mol. The number of carboxylic acids is 1. The van der Waals surface area contributed by atoms with Crippen LogP contribution in [0.5, 0.6) is 0 Å². The standard InChI is InChI=1S/C29H23ClN2O2S/c30-25-16-31-15-14-24(25)29(21-2-1-3-21)28(22-7-4-19(5-8-22)6-13-27(33)34)23-11-9-20(10-12-23)26-17-32-18-35-26/h4-18,21H,1-3H2,(H,33,34). The molecule has 4 aromatic rings. The van der Waals surface area contributed by atoms with Crippen LogP contribution < -0.4 is 0 Å². The van der Waals surface area contributed by atoms with Crippen molar-refractivity contribution in [1.29, 1.82) is 0 Å². The molecular formula is C29H23ClN2O2S. The minimum Gasteiger partial charge on any atom is -0.478 e. The quantitative estimate of drug-likeness (QED) is 0.265. The van der Waals surface area contributed by atoms with Crippen molar-refractivity contribution in [3.05, 3.63) is 112 Å². The van der Waals surface area contributed by atoms with Gasteiger partial charge in [-0.3, -0.25) is 9.97 Å². The van der Waals surface area contributed by atoms with Crippen molar-refractivity contribution in [2.75, 3.05) is 0 Å². The van der Waals surface area contributed by atoms with E-state index in [9.17, 15) is 4.79 Å². The zero-order valence-corrected chi connectivity index (χ0v) is 20.5. The van der Waals surface area contributed by atoms with Crippen molar-refractivity contribution >= 4 is 46.1 Å². The van der Waals surface area contributed by atoms with E-state index in [0.29, 0.717) is 10.9 Å². The number of allylic oxidation sites excluding steroid dienone is 1. The van der Waals surface area contributed by atoms with E-state index in [0.717, 1.165) is 57.2 Å². The maximum absolute atomic E-state index is 10.9. The van der Waals surface area contributed by atoms with Gasteiger partial charge in [0.05, 0.1) is 15.4 Å². The molecule has 0 unspecified atom stereocenters. The van der Waals surface area contributed by atoms with Crippen LogP contribution in [0, 0.1) is 5.92 Å². The highest BCUT2D eigenvalue weighted by molar-refractivity contribution is 7.13. The predicted octanol–water partition coefficient (Wildman–Crippen LogP) is 7.72. The van der Waals surface area contributed by atoms with E-state index in [-0.39, 0.29) is 0 Å². The third-order valence-corrected chi connectivity index (χ3v) is 7.48. The molecule has 1 aliphatic carbocycles. The number of halogens is 1. The molecule has 2 aromatic heterocycles. The van der Waals surface area contributed by atoms with Crippen LogP contribution in [0.1, 0.15) is 41.5 Å². The lowest BCUT2D eigenvalue weighted by Gasteiger charge is -2.32. The average Bonchev–Trinajstić information content (AvgIpc) is 3.38. The molecule has 0 radical (unpaired) electrons. The number of hydrogen-bond acceptors (Lipinski definition) is 4. The van der Waals surface area contributed by atoms with Crippen LogP contribution in [-0.2, 0) is 4.79 Å². The Morgan fingerprint density at radius 2 is 1.69 bits per heavy atom. The smallest absolute Gasteiger partial charge is 0.328 e. The maximum Gasteiger partial charge on any atom is 0.328 e. The normalized spacial score (nSPS) is 14.5. The first-order valence-corrected chi connectivity index (χ1v) is 12.7. The molecule has 6 heteroatoms. The van der Waals surface area contributed by atoms with Gasteiger partial charge in [0.25, 0.3) is 0 Å². The van der Waals surface area contributed by atoms with E-state index < -0.39 is 5.97 Å². The third-order valence-electron chi connectivity index (χ3n) is 6.35. The molecule has 0 spiro atoms. The second kappa shape index (κ2) is 10.4. The van der Waals surface area contributed by atoms with E-state index >= 15 is 0 Å². The Morgan fingerprint density at radius 3 is 2.26 bits per heavy atom. The van der Waals surface area contributed by atoms with E-state index in [4.69, 9.17) is 16.7 Å². The van der Waals surface area contributed by atoms with Crippen molar-refractivity contribution in [3.8, 4) is 10.4 Å². The Morgan fingerprint density at radius 1 is 0.971 bits per heavy atom. The van der Waals surface area contributed by atoms with E-state index in [1.165, 1.54) is 12.0 Å². The fourth-order valence-corrected chi connectivity index (χ4v) is 5.27. The minimum absolute atomic E-state index is 0.414. The Bertz CT molecular complexity index is 1390. The minimum atomic E-state index is -0.963. The molecule has 1 fully saturated rings. The molecule has 4 nitrogen and oxygen atoms in total. The zero-order valence-electron chi connectivity index (χ0n) is 18.9. The van der Waals surface area contributed by atoms with Crippen molar-refractivity contribution < 1.29 is 9.90 Å². The van der Waals surface area contributed by atoms with Gasteiger partial charge in [-0.25, -0.2) is 4.79 Å². The number of carbonyl (C=O) groups is 1. The SMILES string of the molecule is O=C(O)C=Cc1ccc(C(=C(c2ccncc2Cl)C2CCC2)c2ccc(-c3cncs3)cc2)cc1. The Labute approximate surface area is 213 Å². The average molecular weight is 499 g/mol. The first-order chi connectivity index (χ1) is 17.1. The lowest BCUT2D eigenvalue weighted by atomic mass is 9.73. The summed E-state index contributed by atoms with van der Waals surface area (Å²) in [6.07, 6.45) is 11.6. The van der Waals surface area contributed by atoms with Crippen molar-refractivity contribution in [3.63, 3.8) is 0 Å². The molecule has 174 valence electrons. The number of benzene rings is 2. The van der Waals surface area contributed by atoms with Crippen LogP contribution in [0.25, 0.3) is 27.7 Å². The fourth-order valence-electron chi connectivity index (χ4n) is 4.41.